The molecule has 0 aliphatic carbocycles. The second-order valence-corrected chi connectivity index (χ2v) is 9.89. The molecule has 0 aliphatic heterocycles. The van der Waals surface area contributed by atoms with Gasteiger partial charge >= 0.3 is 0 Å². The Hall–Kier alpha value is -4.94. The van der Waals surface area contributed by atoms with Crippen LogP contribution < -0.4 is 0 Å². The molecule has 0 heterocycles. The van der Waals surface area contributed by atoms with E-state index in [4.69, 9.17) is 0 Å². The third-order valence-corrected chi connectivity index (χ3v) is 7.50. The summed E-state index contributed by atoms with van der Waals surface area (Å²) in [4.78, 5) is 0. The van der Waals surface area contributed by atoms with Crippen LogP contribution in [0.4, 0.5) is 0 Å². The van der Waals surface area contributed by atoms with Gasteiger partial charge in [0.05, 0.1) is 0 Å². The van der Waals surface area contributed by atoms with Gasteiger partial charge in [0.1, 0.15) is 0 Å². The zero-order valence-electron chi connectivity index (χ0n) is 21.0. The fraction of sp³-hybridized carbons (Fsp3) is 0. The van der Waals surface area contributed by atoms with E-state index in [1.165, 1.54) is 64.6 Å². The highest BCUT2D eigenvalue weighted by Crippen LogP contribution is 2.22. The maximum atomic E-state index is 2.22. The van der Waals surface area contributed by atoms with E-state index in [2.05, 4.69) is 158 Å². The minimum atomic E-state index is 1.19. The molecular weight excluding hydrogens is 456 g/mol. The van der Waals surface area contributed by atoms with Crippen molar-refractivity contribution in [1.29, 1.82) is 0 Å². The number of rotatable bonds is 0. The van der Waals surface area contributed by atoms with E-state index in [-0.39, 0.29) is 0 Å². The second-order valence-electron chi connectivity index (χ2n) is 9.89. The molecule has 0 amide bonds. The van der Waals surface area contributed by atoms with Crippen LogP contribution in [0.2, 0.25) is 0 Å². The molecule has 12 bridgehead atoms. The first-order chi connectivity index (χ1) is 18.8. The predicted octanol–water partition coefficient (Wildman–Crippen LogP) is 10.9. The summed E-state index contributed by atoms with van der Waals surface area (Å²) in [6, 6.07) is 57.3. The summed E-state index contributed by atoms with van der Waals surface area (Å²) < 4.78 is 0. The fourth-order valence-corrected chi connectivity index (χ4v) is 5.19. The third kappa shape index (κ3) is 4.38. The summed E-state index contributed by atoms with van der Waals surface area (Å²) in [5, 5.41) is 14.7. The molecule has 0 fully saturated rings. The smallest absolute Gasteiger partial charge is 0.0184 e. The average molecular weight is 483 g/mol. The van der Waals surface area contributed by atoms with Crippen LogP contribution in [0.5, 0.6) is 0 Å². The van der Waals surface area contributed by atoms with Crippen molar-refractivity contribution in [3.63, 3.8) is 0 Å². The van der Waals surface area contributed by atoms with E-state index < -0.39 is 0 Å². The van der Waals surface area contributed by atoms with Crippen molar-refractivity contribution in [3.8, 4) is 0 Å². The summed E-state index contributed by atoms with van der Waals surface area (Å²) in [5.74, 6) is 0. The monoisotopic (exact) mass is 482 g/mol. The normalized spacial score (nSPS) is 11.2. The van der Waals surface area contributed by atoms with E-state index in [1.807, 2.05) is 0 Å². The first-order valence-electron chi connectivity index (χ1n) is 13.1. The predicted molar refractivity (Wildman–Crippen MR) is 167 cm³/mol. The third-order valence-electron chi connectivity index (χ3n) is 7.50. The summed E-state index contributed by atoms with van der Waals surface area (Å²) in [7, 11) is 0. The maximum Gasteiger partial charge on any atom is -0.0184 e. The van der Waals surface area contributed by atoms with Crippen molar-refractivity contribution in [2.45, 2.75) is 0 Å². The Morgan fingerprint density at radius 3 is 0.395 bits per heavy atom. The molecule has 16 aromatic carbocycles. The van der Waals surface area contributed by atoms with E-state index in [0.717, 1.165) is 0 Å². The van der Waals surface area contributed by atoms with Gasteiger partial charge in [0.15, 0.2) is 0 Å². The van der Waals surface area contributed by atoms with Crippen LogP contribution in [0.3, 0.4) is 0 Å². The molecule has 0 aliphatic rings. The molecule has 16 rings (SSSR count). The minimum absolute atomic E-state index is 1.19. The van der Waals surface area contributed by atoms with Gasteiger partial charge in [-0.15, -0.1) is 0 Å². The molecule has 0 heteroatoms. The van der Waals surface area contributed by atoms with Crippen LogP contribution in [0.1, 0.15) is 0 Å². The van der Waals surface area contributed by atoms with E-state index in [0.29, 0.717) is 0 Å². The van der Waals surface area contributed by atoms with Gasteiger partial charge in [-0.1, -0.05) is 158 Å². The Morgan fingerprint density at radius 2 is 0.237 bits per heavy atom. The molecule has 0 unspecified atom stereocenters. The van der Waals surface area contributed by atoms with Crippen LogP contribution in [0, 0.1) is 0 Å². The zero-order valence-corrected chi connectivity index (χ0v) is 21.0. The SMILES string of the molecule is c1cc2ccc(cc2)c2ccc(cc2)c2ccc(cc2)c2ccc(cc2)c2ccc(cc2)c2ccc1cc2. The van der Waals surface area contributed by atoms with Crippen LogP contribution in [0.15, 0.2) is 158 Å². The molecule has 0 spiro atoms. The Morgan fingerprint density at radius 1 is 0.132 bits per heavy atom. The van der Waals surface area contributed by atoms with Crippen molar-refractivity contribution >= 4 is 64.6 Å². The lowest BCUT2D eigenvalue weighted by molar-refractivity contribution is 1.77. The Labute approximate surface area is 222 Å². The maximum absolute atomic E-state index is 2.22. The highest BCUT2D eigenvalue weighted by molar-refractivity contribution is 5.93. The topological polar surface area (TPSA) is 0 Å². The summed E-state index contributed by atoms with van der Waals surface area (Å²) >= 11 is 0. The van der Waals surface area contributed by atoms with Gasteiger partial charge in [0.2, 0.25) is 0 Å². The summed E-state index contributed by atoms with van der Waals surface area (Å²) in [6.45, 7) is 0. The van der Waals surface area contributed by atoms with Crippen molar-refractivity contribution in [2.24, 2.45) is 0 Å². The molecular formula is C38H26. The largest absolute Gasteiger partial charge is 0.0544 e. The van der Waals surface area contributed by atoms with Crippen LogP contribution in [-0.4, -0.2) is 0 Å². The molecule has 0 aromatic heterocycles. The number of hydrogen-bond acceptors (Lipinski definition) is 0. The highest BCUT2D eigenvalue weighted by Gasteiger charge is 1.96. The van der Waals surface area contributed by atoms with Gasteiger partial charge < -0.3 is 0 Å². The summed E-state index contributed by atoms with van der Waals surface area (Å²) in [5.41, 5.74) is 0. The fourth-order valence-electron chi connectivity index (χ4n) is 5.19. The van der Waals surface area contributed by atoms with Crippen molar-refractivity contribution in [3.05, 3.63) is 158 Å². The van der Waals surface area contributed by atoms with Crippen LogP contribution >= 0.6 is 0 Å². The molecule has 0 atom stereocenters. The van der Waals surface area contributed by atoms with E-state index in [1.54, 1.807) is 0 Å². The molecule has 0 saturated heterocycles. The first-order valence-corrected chi connectivity index (χ1v) is 13.1. The Bertz CT molecular complexity index is 1860. The zero-order chi connectivity index (χ0) is 25.3. The van der Waals surface area contributed by atoms with Crippen molar-refractivity contribution in [1.82, 2.24) is 0 Å². The average Bonchev–Trinajstić information content (AvgIpc) is 3.01. The number of hydrogen-bond donors (Lipinski definition) is 0. The minimum Gasteiger partial charge on any atom is -0.0544 e. The molecule has 16 aromatic rings. The van der Waals surface area contributed by atoms with Gasteiger partial charge in [-0.25, -0.2) is 0 Å². The van der Waals surface area contributed by atoms with Crippen molar-refractivity contribution in [2.75, 3.05) is 0 Å². The Kier molecular flexibility index (Phi) is 5.57. The standard InChI is InChI=1S/C38H26/c1-2-28-5-9-30(10-6-28)32-13-17-34(18-14-32)36-21-25-38(26-22-36)37-23-19-35(20-24-37)33-15-11-31(12-16-33)29-7-3-27(1)4-8-29/h1-26H. The van der Waals surface area contributed by atoms with Gasteiger partial charge in [-0.2, -0.15) is 0 Å². The van der Waals surface area contributed by atoms with Crippen LogP contribution in [0.25, 0.3) is 64.6 Å². The van der Waals surface area contributed by atoms with Crippen LogP contribution in [-0.2, 0) is 0 Å². The van der Waals surface area contributed by atoms with E-state index in [9.17, 15) is 0 Å². The lowest BCUT2D eigenvalue weighted by Crippen LogP contribution is -1.74. The molecule has 38 heavy (non-hydrogen) atoms. The second kappa shape index (κ2) is 9.50. The molecule has 0 saturated carbocycles. The van der Waals surface area contributed by atoms with Gasteiger partial charge in [-0.3, -0.25) is 0 Å². The van der Waals surface area contributed by atoms with E-state index >= 15 is 0 Å². The molecule has 0 nitrogen and oxygen atoms in total. The van der Waals surface area contributed by atoms with Gasteiger partial charge in [0.25, 0.3) is 0 Å². The first kappa shape index (κ1) is 22.3. The summed E-state index contributed by atoms with van der Waals surface area (Å²) in [6.07, 6.45) is 0. The molecule has 0 N–H and O–H groups in total. The lowest BCUT2D eigenvalue weighted by Gasteiger charge is -2.00. The number of benzene rings is 6. The van der Waals surface area contributed by atoms with Gasteiger partial charge in [-0.05, 0) is 64.6 Å². The highest BCUT2D eigenvalue weighted by atomic mass is 14.0. The molecule has 178 valence electrons. The van der Waals surface area contributed by atoms with Gasteiger partial charge in [0, 0.05) is 0 Å². The molecule has 0 radical (unpaired) electrons. The lowest BCUT2D eigenvalue weighted by atomic mass is 10.1. The quantitative estimate of drug-likeness (QED) is 0.202. The Balaban J connectivity index is 1.46. The van der Waals surface area contributed by atoms with Crippen molar-refractivity contribution < 1.29 is 0 Å².